The molecular formula is C9H5BrN2. The minimum absolute atomic E-state index is 0.695. The largest absolute Gasteiger partial charge is 0.361 e. The van der Waals surface area contributed by atoms with Gasteiger partial charge in [0.1, 0.15) is 0 Å². The molecule has 0 aliphatic carbocycles. The minimum Gasteiger partial charge on any atom is -0.361 e. The first-order chi connectivity index (χ1) is 5.81. The fourth-order valence-electron chi connectivity index (χ4n) is 1.22. The highest BCUT2D eigenvalue weighted by atomic mass is 79.9. The zero-order valence-electron chi connectivity index (χ0n) is 6.13. The predicted octanol–water partition coefficient (Wildman–Crippen LogP) is 2.80. The van der Waals surface area contributed by atoms with Crippen molar-refractivity contribution in [2.75, 3.05) is 0 Å². The second-order valence-corrected chi connectivity index (χ2v) is 3.42. The lowest BCUT2D eigenvalue weighted by Crippen LogP contribution is -1.76. The summed E-state index contributed by atoms with van der Waals surface area (Å²) in [6.45, 7) is 0. The van der Waals surface area contributed by atoms with E-state index in [-0.39, 0.29) is 0 Å². The predicted molar refractivity (Wildman–Crippen MR) is 50.7 cm³/mol. The van der Waals surface area contributed by atoms with Crippen LogP contribution in [0.3, 0.4) is 0 Å². The van der Waals surface area contributed by atoms with Gasteiger partial charge >= 0.3 is 0 Å². The highest BCUT2D eigenvalue weighted by Crippen LogP contribution is 2.22. The van der Waals surface area contributed by atoms with E-state index in [4.69, 9.17) is 5.26 Å². The van der Waals surface area contributed by atoms with Crippen LogP contribution < -0.4 is 0 Å². The van der Waals surface area contributed by atoms with Crippen molar-refractivity contribution in [2.45, 2.75) is 0 Å². The molecule has 0 saturated carbocycles. The van der Waals surface area contributed by atoms with Crippen LogP contribution in [0.2, 0.25) is 0 Å². The topological polar surface area (TPSA) is 39.6 Å². The van der Waals surface area contributed by atoms with Gasteiger partial charge in [-0.3, -0.25) is 0 Å². The van der Waals surface area contributed by atoms with Gasteiger partial charge in [-0.25, -0.2) is 0 Å². The average molecular weight is 221 g/mol. The Kier molecular flexibility index (Phi) is 1.63. The summed E-state index contributed by atoms with van der Waals surface area (Å²) in [4.78, 5) is 3.05. The van der Waals surface area contributed by atoms with Gasteiger partial charge < -0.3 is 4.98 Å². The summed E-state index contributed by atoms with van der Waals surface area (Å²) in [5.41, 5.74) is 1.68. The number of hydrogen-bond acceptors (Lipinski definition) is 1. The highest BCUT2D eigenvalue weighted by Gasteiger charge is 2.01. The number of hydrogen-bond donors (Lipinski definition) is 1. The van der Waals surface area contributed by atoms with Crippen LogP contribution in [-0.4, -0.2) is 4.98 Å². The standard InChI is InChI=1S/C9H5BrN2/c10-7-3-6(5-11)8-1-2-12-9(8)4-7/h1-4,12H. The van der Waals surface area contributed by atoms with Gasteiger partial charge in [0.25, 0.3) is 0 Å². The molecule has 3 heteroatoms. The Morgan fingerprint density at radius 1 is 1.42 bits per heavy atom. The molecule has 1 N–H and O–H groups in total. The zero-order valence-corrected chi connectivity index (χ0v) is 7.72. The molecule has 2 aromatic rings. The number of H-pyrrole nitrogens is 1. The Morgan fingerprint density at radius 2 is 2.25 bits per heavy atom. The summed E-state index contributed by atoms with van der Waals surface area (Å²) >= 11 is 3.34. The molecule has 0 aliphatic heterocycles. The molecule has 0 fully saturated rings. The number of nitriles is 1. The van der Waals surface area contributed by atoms with Gasteiger partial charge in [0.2, 0.25) is 0 Å². The Bertz CT molecular complexity index is 465. The van der Waals surface area contributed by atoms with Crippen LogP contribution >= 0.6 is 15.9 Å². The smallest absolute Gasteiger partial charge is 0.0999 e. The monoisotopic (exact) mass is 220 g/mol. The number of rotatable bonds is 0. The molecule has 0 radical (unpaired) electrons. The second-order valence-electron chi connectivity index (χ2n) is 2.50. The van der Waals surface area contributed by atoms with E-state index in [1.54, 1.807) is 0 Å². The first-order valence-corrected chi connectivity index (χ1v) is 4.27. The minimum atomic E-state index is 0.695. The van der Waals surface area contributed by atoms with E-state index >= 15 is 0 Å². The second kappa shape index (κ2) is 2.65. The Morgan fingerprint density at radius 3 is 3.00 bits per heavy atom. The summed E-state index contributed by atoms with van der Waals surface area (Å²) in [5.74, 6) is 0. The molecule has 0 bridgehead atoms. The Balaban J connectivity index is 2.91. The van der Waals surface area contributed by atoms with Crippen LogP contribution in [0, 0.1) is 11.3 Å². The van der Waals surface area contributed by atoms with E-state index in [2.05, 4.69) is 27.0 Å². The highest BCUT2D eigenvalue weighted by molar-refractivity contribution is 9.10. The summed E-state index contributed by atoms with van der Waals surface area (Å²) in [5, 5.41) is 9.77. The maximum atomic E-state index is 8.79. The third-order valence-corrected chi connectivity index (χ3v) is 2.21. The van der Waals surface area contributed by atoms with E-state index in [9.17, 15) is 0 Å². The molecule has 2 nitrogen and oxygen atoms in total. The lowest BCUT2D eigenvalue weighted by molar-refractivity contribution is 1.46. The van der Waals surface area contributed by atoms with Gasteiger partial charge in [0, 0.05) is 21.6 Å². The van der Waals surface area contributed by atoms with E-state index in [1.807, 2.05) is 24.4 Å². The van der Waals surface area contributed by atoms with Crippen molar-refractivity contribution >= 4 is 26.8 Å². The Labute approximate surface area is 77.9 Å². The summed E-state index contributed by atoms with van der Waals surface area (Å²) in [6.07, 6.45) is 1.83. The van der Waals surface area contributed by atoms with E-state index in [0.717, 1.165) is 15.4 Å². The SMILES string of the molecule is N#Cc1cc(Br)cc2[nH]ccc12. The van der Waals surface area contributed by atoms with Gasteiger partial charge in [-0.15, -0.1) is 0 Å². The van der Waals surface area contributed by atoms with Gasteiger partial charge in [-0.2, -0.15) is 5.26 Å². The van der Waals surface area contributed by atoms with E-state index in [1.165, 1.54) is 0 Å². The maximum Gasteiger partial charge on any atom is 0.0999 e. The number of halogens is 1. The third kappa shape index (κ3) is 1.01. The summed E-state index contributed by atoms with van der Waals surface area (Å²) in [7, 11) is 0. The fraction of sp³-hybridized carbons (Fsp3) is 0. The van der Waals surface area contributed by atoms with Crippen LogP contribution in [0.4, 0.5) is 0 Å². The number of fused-ring (bicyclic) bond motifs is 1. The van der Waals surface area contributed by atoms with Gasteiger partial charge in [-0.05, 0) is 18.2 Å². The average Bonchev–Trinajstić information content (AvgIpc) is 2.50. The van der Waals surface area contributed by atoms with Crippen molar-refractivity contribution in [3.63, 3.8) is 0 Å². The Hall–Kier alpha value is -1.27. The lowest BCUT2D eigenvalue weighted by atomic mass is 10.1. The molecule has 0 amide bonds. The molecule has 0 atom stereocenters. The summed E-state index contributed by atoms with van der Waals surface area (Å²) < 4.78 is 0.925. The molecule has 2 rings (SSSR count). The first-order valence-electron chi connectivity index (χ1n) is 3.48. The van der Waals surface area contributed by atoms with E-state index in [0.29, 0.717) is 5.56 Å². The normalized spacial score (nSPS) is 10.0. The number of nitrogens with one attached hydrogen (secondary N) is 1. The molecule has 0 spiro atoms. The summed E-state index contributed by atoms with van der Waals surface area (Å²) in [6, 6.07) is 7.82. The van der Waals surface area contributed by atoms with Crippen molar-refractivity contribution in [1.82, 2.24) is 4.98 Å². The van der Waals surface area contributed by atoms with Crippen LogP contribution in [0.5, 0.6) is 0 Å². The number of aromatic amines is 1. The van der Waals surface area contributed by atoms with Crippen molar-refractivity contribution < 1.29 is 0 Å². The van der Waals surface area contributed by atoms with Gasteiger partial charge in [0.05, 0.1) is 11.6 Å². The molecule has 1 aromatic heterocycles. The van der Waals surface area contributed by atoms with Crippen LogP contribution in [0.1, 0.15) is 5.56 Å². The molecule has 0 unspecified atom stereocenters. The lowest BCUT2D eigenvalue weighted by Gasteiger charge is -1.94. The van der Waals surface area contributed by atoms with Crippen molar-refractivity contribution in [3.8, 4) is 6.07 Å². The van der Waals surface area contributed by atoms with Crippen LogP contribution in [-0.2, 0) is 0 Å². The van der Waals surface area contributed by atoms with Gasteiger partial charge in [0.15, 0.2) is 0 Å². The van der Waals surface area contributed by atoms with Crippen LogP contribution in [0.25, 0.3) is 10.9 Å². The van der Waals surface area contributed by atoms with Gasteiger partial charge in [-0.1, -0.05) is 15.9 Å². The van der Waals surface area contributed by atoms with E-state index < -0.39 is 0 Å². The molecular weight excluding hydrogens is 216 g/mol. The molecule has 58 valence electrons. The number of benzene rings is 1. The first kappa shape index (κ1) is 7.38. The quantitative estimate of drug-likeness (QED) is 0.729. The maximum absolute atomic E-state index is 8.79. The molecule has 1 aromatic carbocycles. The van der Waals surface area contributed by atoms with Crippen molar-refractivity contribution in [2.24, 2.45) is 0 Å². The molecule has 0 saturated heterocycles. The van der Waals surface area contributed by atoms with Crippen molar-refractivity contribution in [1.29, 1.82) is 5.26 Å². The third-order valence-electron chi connectivity index (χ3n) is 1.75. The number of aromatic nitrogens is 1. The zero-order chi connectivity index (χ0) is 8.55. The van der Waals surface area contributed by atoms with Crippen LogP contribution in [0.15, 0.2) is 28.9 Å². The molecule has 1 heterocycles. The van der Waals surface area contributed by atoms with Crippen molar-refractivity contribution in [3.05, 3.63) is 34.4 Å². The number of nitrogens with zero attached hydrogens (tertiary/aromatic N) is 1. The molecule has 12 heavy (non-hydrogen) atoms. The fourth-order valence-corrected chi connectivity index (χ4v) is 1.68. The molecule has 0 aliphatic rings.